The second kappa shape index (κ2) is 6.89. The zero-order valence-electron chi connectivity index (χ0n) is 14.2. The van der Waals surface area contributed by atoms with Gasteiger partial charge in [0.2, 0.25) is 0 Å². The zero-order chi connectivity index (χ0) is 16.6. The van der Waals surface area contributed by atoms with Gasteiger partial charge in [-0.15, -0.1) is 0 Å². The van der Waals surface area contributed by atoms with Crippen molar-refractivity contribution < 1.29 is 15.3 Å². The van der Waals surface area contributed by atoms with E-state index in [0.717, 1.165) is 43.5 Å². The smallest absolute Gasteiger partial charge is 0.0685 e. The summed E-state index contributed by atoms with van der Waals surface area (Å²) in [6, 6.07) is 4.34. The molecule has 0 aromatic heterocycles. The van der Waals surface area contributed by atoms with Crippen molar-refractivity contribution in [2.24, 2.45) is 11.8 Å². The molecule has 2 aliphatic rings. The Morgan fingerprint density at radius 3 is 2.52 bits per heavy atom. The molecule has 0 bridgehead atoms. The maximum Gasteiger partial charge on any atom is 0.0685 e. The molecule has 128 valence electrons. The lowest BCUT2D eigenvalue weighted by molar-refractivity contribution is -0.0191. The van der Waals surface area contributed by atoms with Gasteiger partial charge in [0, 0.05) is 19.1 Å². The van der Waals surface area contributed by atoms with Gasteiger partial charge < -0.3 is 15.3 Å². The normalized spacial score (nSPS) is 27.8. The minimum atomic E-state index is -0.250. The average Bonchev–Trinajstić information content (AvgIpc) is 2.53. The van der Waals surface area contributed by atoms with E-state index in [4.69, 9.17) is 0 Å². The van der Waals surface area contributed by atoms with Crippen molar-refractivity contribution in [2.45, 2.75) is 58.5 Å². The Kier molecular flexibility index (Phi) is 5.07. The topological polar surface area (TPSA) is 63.9 Å². The molecule has 2 aliphatic heterocycles. The molecule has 0 aliphatic carbocycles. The highest BCUT2D eigenvalue weighted by Gasteiger charge is 2.38. The Labute approximate surface area is 138 Å². The van der Waals surface area contributed by atoms with E-state index in [9.17, 15) is 15.3 Å². The van der Waals surface area contributed by atoms with Crippen LogP contribution in [0.25, 0.3) is 0 Å². The maximum atomic E-state index is 10.6. The van der Waals surface area contributed by atoms with Crippen LogP contribution in [-0.2, 0) is 19.6 Å². The van der Waals surface area contributed by atoms with Crippen LogP contribution in [0.15, 0.2) is 12.1 Å². The molecule has 1 aromatic carbocycles. The van der Waals surface area contributed by atoms with Gasteiger partial charge in [-0.3, -0.25) is 4.90 Å². The lowest BCUT2D eigenvalue weighted by Crippen LogP contribution is -2.48. The van der Waals surface area contributed by atoms with E-state index in [1.807, 2.05) is 12.1 Å². The molecule has 23 heavy (non-hydrogen) atoms. The van der Waals surface area contributed by atoms with Crippen molar-refractivity contribution >= 4 is 0 Å². The maximum absolute atomic E-state index is 10.6. The predicted molar refractivity (Wildman–Crippen MR) is 89.9 cm³/mol. The Bertz CT molecular complexity index is 558. The SMILES string of the molecule is CC(C)C[C@H]1CN2CCc3cc(CO)c(CO)cc3C2C[C@H]1O. The summed E-state index contributed by atoms with van der Waals surface area (Å²) in [7, 11) is 0. The van der Waals surface area contributed by atoms with Crippen LogP contribution < -0.4 is 0 Å². The lowest BCUT2D eigenvalue weighted by Gasteiger charge is -2.46. The average molecular weight is 319 g/mol. The first kappa shape index (κ1) is 16.9. The van der Waals surface area contributed by atoms with Gasteiger partial charge in [-0.1, -0.05) is 26.0 Å². The molecular formula is C19H29NO3. The first-order valence-electron chi connectivity index (χ1n) is 8.81. The van der Waals surface area contributed by atoms with Gasteiger partial charge in [-0.05, 0) is 53.4 Å². The molecule has 1 aromatic rings. The fraction of sp³-hybridized carbons (Fsp3) is 0.684. The van der Waals surface area contributed by atoms with Crippen molar-refractivity contribution in [3.8, 4) is 0 Å². The van der Waals surface area contributed by atoms with E-state index in [0.29, 0.717) is 11.8 Å². The predicted octanol–water partition coefficient (Wildman–Crippen LogP) is 2.00. The van der Waals surface area contributed by atoms with Crippen LogP contribution in [0.4, 0.5) is 0 Å². The van der Waals surface area contributed by atoms with E-state index in [1.165, 1.54) is 11.1 Å². The highest BCUT2D eigenvalue weighted by Crippen LogP contribution is 2.40. The summed E-state index contributed by atoms with van der Waals surface area (Å²) in [5.74, 6) is 0.971. The Morgan fingerprint density at radius 2 is 1.87 bits per heavy atom. The number of piperidine rings is 1. The third-order valence-electron chi connectivity index (χ3n) is 5.52. The number of hydrogen-bond acceptors (Lipinski definition) is 4. The first-order chi connectivity index (χ1) is 11.0. The summed E-state index contributed by atoms with van der Waals surface area (Å²) in [5.41, 5.74) is 4.14. The van der Waals surface area contributed by atoms with E-state index in [2.05, 4.69) is 18.7 Å². The number of aliphatic hydroxyl groups excluding tert-OH is 3. The number of aliphatic hydroxyl groups is 3. The molecule has 2 heterocycles. The van der Waals surface area contributed by atoms with Gasteiger partial charge >= 0.3 is 0 Å². The molecule has 3 atom stereocenters. The quantitative estimate of drug-likeness (QED) is 0.794. The molecule has 0 spiro atoms. The van der Waals surface area contributed by atoms with Gasteiger partial charge in [0.1, 0.15) is 0 Å². The third-order valence-corrected chi connectivity index (χ3v) is 5.52. The monoisotopic (exact) mass is 319 g/mol. The summed E-state index contributed by atoms with van der Waals surface area (Å²) in [6.07, 6.45) is 2.57. The van der Waals surface area contributed by atoms with Crippen LogP contribution in [0.3, 0.4) is 0 Å². The molecule has 0 saturated carbocycles. The van der Waals surface area contributed by atoms with Crippen LogP contribution in [0, 0.1) is 11.8 Å². The number of rotatable bonds is 4. The minimum Gasteiger partial charge on any atom is -0.393 e. The standard InChI is InChI=1S/C19H29NO3/c1-12(2)5-14-9-20-4-3-13-6-15(10-21)16(11-22)7-17(13)18(20)8-19(14)23/h6-7,12,14,18-19,21-23H,3-5,8-11H2,1-2H3/t14-,18?,19+/m0/s1. The van der Waals surface area contributed by atoms with Gasteiger partial charge in [-0.25, -0.2) is 0 Å². The van der Waals surface area contributed by atoms with Crippen LogP contribution in [-0.4, -0.2) is 39.4 Å². The number of hydrogen-bond donors (Lipinski definition) is 3. The minimum absolute atomic E-state index is 0.0311. The van der Waals surface area contributed by atoms with E-state index >= 15 is 0 Å². The van der Waals surface area contributed by atoms with E-state index in [-0.39, 0.29) is 25.4 Å². The van der Waals surface area contributed by atoms with Crippen LogP contribution in [0.1, 0.15) is 55.0 Å². The molecule has 4 nitrogen and oxygen atoms in total. The molecule has 1 unspecified atom stereocenters. The van der Waals surface area contributed by atoms with Crippen molar-refractivity contribution in [3.05, 3.63) is 34.4 Å². The Hall–Kier alpha value is -0.940. The van der Waals surface area contributed by atoms with Crippen LogP contribution in [0.5, 0.6) is 0 Å². The fourth-order valence-electron chi connectivity index (χ4n) is 4.37. The summed E-state index contributed by atoms with van der Waals surface area (Å²) >= 11 is 0. The summed E-state index contributed by atoms with van der Waals surface area (Å²) in [6.45, 7) is 6.33. The van der Waals surface area contributed by atoms with Gasteiger partial charge in [0.05, 0.1) is 19.3 Å². The number of benzene rings is 1. The van der Waals surface area contributed by atoms with Gasteiger partial charge in [-0.2, -0.15) is 0 Å². The lowest BCUT2D eigenvalue weighted by atomic mass is 9.78. The van der Waals surface area contributed by atoms with Crippen molar-refractivity contribution in [1.29, 1.82) is 0 Å². The van der Waals surface area contributed by atoms with Crippen molar-refractivity contribution in [2.75, 3.05) is 13.1 Å². The molecule has 4 heteroatoms. The largest absolute Gasteiger partial charge is 0.393 e. The van der Waals surface area contributed by atoms with E-state index in [1.54, 1.807) is 0 Å². The number of fused-ring (bicyclic) bond motifs is 3. The van der Waals surface area contributed by atoms with Crippen molar-refractivity contribution in [3.63, 3.8) is 0 Å². The second-order valence-electron chi connectivity index (χ2n) is 7.59. The molecule has 3 rings (SSSR count). The second-order valence-corrected chi connectivity index (χ2v) is 7.59. The summed E-state index contributed by atoms with van der Waals surface area (Å²) < 4.78 is 0. The van der Waals surface area contributed by atoms with Crippen LogP contribution >= 0.6 is 0 Å². The Balaban J connectivity index is 1.87. The highest BCUT2D eigenvalue weighted by atomic mass is 16.3. The van der Waals surface area contributed by atoms with Gasteiger partial charge in [0.25, 0.3) is 0 Å². The Morgan fingerprint density at radius 1 is 1.17 bits per heavy atom. The zero-order valence-corrected chi connectivity index (χ0v) is 14.2. The third kappa shape index (κ3) is 3.31. The molecule has 1 saturated heterocycles. The van der Waals surface area contributed by atoms with Crippen LogP contribution in [0.2, 0.25) is 0 Å². The molecule has 3 N–H and O–H groups in total. The molecule has 1 fully saturated rings. The summed E-state index contributed by atoms with van der Waals surface area (Å²) in [4.78, 5) is 2.50. The molecular weight excluding hydrogens is 290 g/mol. The summed E-state index contributed by atoms with van der Waals surface area (Å²) in [5, 5.41) is 29.6. The highest BCUT2D eigenvalue weighted by molar-refractivity contribution is 5.41. The van der Waals surface area contributed by atoms with E-state index < -0.39 is 0 Å². The number of nitrogens with zero attached hydrogens (tertiary/aromatic N) is 1. The fourth-order valence-corrected chi connectivity index (χ4v) is 4.37. The molecule has 0 amide bonds. The van der Waals surface area contributed by atoms with Crippen molar-refractivity contribution in [1.82, 2.24) is 4.90 Å². The first-order valence-corrected chi connectivity index (χ1v) is 8.81. The molecule has 0 radical (unpaired) electrons. The van der Waals surface area contributed by atoms with Gasteiger partial charge in [0.15, 0.2) is 0 Å².